The Morgan fingerprint density at radius 3 is 2.78 bits per heavy atom. The van der Waals surface area contributed by atoms with E-state index in [-0.39, 0.29) is 23.2 Å². The summed E-state index contributed by atoms with van der Waals surface area (Å²) in [5.41, 5.74) is 3.07. The maximum Gasteiger partial charge on any atom is 0.296 e. The highest BCUT2D eigenvalue weighted by atomic mass is 35.5. The molecule has 1 aliphatic heterocycles. The SMILES string of the molecule is C[C@@H](CN1CC(C)(C)c2cc(F)ccc21)NC(=O)[C@H](CC1CCCCC1)Nc1nc2cccc(Cl)c2o1. The number of rotatable bonds is 8. The molecule has 0 bridgehead atoms. The summed E-state index contributed by atoms with van der Waals surface area (Å²) in [5.74, 6) is 0.206. The molecule has 0 radical (unpaired) electrons. The second-order valence-corrected chi connectivity index (χ2v) is 11.8. The smallest absolute Gasteiger partial charge is 0.296 e. The number of anilines is 2. The van der Waals surface area contributed by atoms with Gasteiger partial charge in [0.1, 0.15) is 17.4 Å². The van der Waals surface area contributed by atoms with Crippen LogP contribution >= 0.6 is 11.6 Å². The molecule has 1 amide bonds. The molecular weight excluding hydrogens is 491 g/mol. The number of benzene rings is 2. The Morgan fingerprint density at radius 2 is 2.03 bits per heavy atom. The summed E-state index contributed by atoms with van der Waals surface area (Å²) >= 11 is 6.27. The van der Waals surface area contributed by atoms with Crippen LogP contribution in [0, 0.1) is 11.7 Å². The van der Waals surface area contributed by atoms with Gasteiger partial charge in [-0.05, 0) is 55.2 Å². The van der Waals surface area contributed by atoms with E-state index in [9.17, 15) is 9.18 Å². The summed E-state index contributed by atoms with van der Waals surface area (Å²) in [5, 5.41) is 6.99. The monoisotopic (exact) mass is 526 g/mol. The molecule has 2 aliphatic rings. The second kappa shape index (κ2) is 10.5. The first kappa shape index (κ1) is 25.8. The van der Waals surface area contributed by atoms with Gasteiger partial charge in [0, 0.05) is 30.2 Å². The van der Waals surface area contributed by atoms with Gasteiger partial charge in [-0.3, -0.25) is 4.79 Å². The quantitative estimate of drug-likeness (QED) is 0.343. The first-order chi connectivity index (χ1) is 17.7. The van der Waals surface area contributed by atoms with Crippen LogP contribution in [-0.4, -0.2) is 36.1 Å². The molecule has 1 saturated carbocycles. The van der Waals surface area contributed by atoms with Gasteiger partial charge in [-0.15, -0.1) is 0 Å². The van der Waals surface area contributed by atoms with Crippen LogP contribution in [0.4, 0.5) is 16.1 Å². The number of aromatic nitrogens is 1. The van der Waals surface area contributed by atoms with Crippen LogP contribution in [0.3, 0.4) is 0 Å². The minimum Gasteiger partial charge on any atom is -0.422 e. The lowest BCUT2D eigenvalue weighted by atomic mass is 9.84. The van der Waals surface area contributed by atoms with E-state index in [0.29, 0.717) is 34.6 Å². The number of hydrogen-bond donors (Lipinski definition) is 2. The fraction of sp³-hybridized carbons (Fsp3) is 0.517. The van der Waals surface area contributed by atoms with Gasteiger partial charge in [0.2, 0.25) is 5.91 Å². The summed E-state index contributed by atoms with van der Waals surface area (Å²) in [6.07, 6.45) is 6.67. The van der Waals surface area contributed by atoms with Crippen LogP contribution in [0.2, 0.25) is 5.02 Å². The van der Waals surface area contributed by atoms with Gasteiger partial charge < -0.3 is 20.0 Å². The predicted octanol–water partition coefficient (Wildman–Crippen LogP) is 6.67. The first-order valence-electron chi connectivity index (χ1n) is 13.4. The average Bonchev–Trinajstić information content (AvgIpc) is 3.37. The van der Waals surface area contributed by atoms with Crippen molar-refractivity contribution in [2.75, 3.05) is 23.3 Å². The minimum atomic E-state index is -0.464. The number of carbonyl (C=O) groups is 1. The molecule has 1 aliphatic carbocycles. The van der Waals surface area contributed by atoms with Gasteiger partial charge in [-0.1, -0.05) is 63.6 Å². The van der Waals surface area contributed by atoms with Crippen molar-refractivity contribution in [3.63, 3.8) is 0 Å². The third kappa shape index (κ3) is 5.71. The molecular formula is C29H36ClFN4O2. The van der Waals surface area contributed by atoms with Crippen molar-refractivity contribution in [2.24, 2.45) is 5.92 Å². The lowest BCUT2D eigenvalue weighted by Crippen LogP contribution is -2.48. The predicted molar refractivity (Wildman–Crippen MR) is 147 cm³/mol. The number of halogens is 2. The number of amides is 1. The zero-order valence-corrected chi connectivity index (χ0v) is 22.6. The van der Waals surface area contributed by atoms with Crippen LogP contribution in [0.5, 0.6) is 0 Å². The van der Waals surface area contributed by atoms with Crippen molar-refractivity contribution >= 4 is 40.3 Å². The van der Waals surface area contributed by atoms with Gasteiger partial charge in [0.15, 0.2) is 5.58 Å². The van der Waals surface area contributed by atoms with E-state index >= 15 is 0 Å². The standard InChI is InChI=1S/C29H36ClFN4O2/c1-18(16-35-17-29(2,3)21-15-20(31)12-13-25(21)35)32-27(36)24(14-19-8-5-4-6-9-19)34-28-33-23-11-7-10-22(30)26(23)37-28/h7,10-13,15,18-19,24H,4-6,8-9,14,16-17H2,1-3H3,(H,32,36)(H,33,34)/t18-,24-/m0/s1. The van der Waals surface area contributed by atoms with E-state index in [1.165, 1.54) is 25.3 Å². The summed E-state index contributed by atoms with van der Waals surface area (Å²) in [7, 11) is 0. The number of carbonyl (C=O) groups excluding carboxylic acids is 1. The Hall–Kier alpha value is -2.80. The molecule has 1 fully saturated rings. The number of oxazole rings is 1. The molecule has 3 aromatic rings. The fourth-order valence-corrected chi connectivity index (χ4v) is 6.18. The Bertz CT molecular complexity index is 1270. The highest BCUT2D eigenvalue weighted by Crippen LogP contribution is 2.40. The number of nitrogens with one attached hydrogen (secondary N) is 2. The van der Waals surface area contributed by atoms with Crippen LogP contribution in [0.25, 0.3) is 11.1 Å². The Kier molecular flexibility index (Phi) is 7.35. The zero-order chi connectivity index (χ0) is 26.2. The maximum atomic E-state index is 13.9. The zero-order valence-electron chi connectivity index (χ0n) is 21.8. The lowest BCUT2D eigenvalue weighted by molar-refractivity contribution is -0.122. The molecule has 37 heavy (non-hydrogen) atoms. The number of fused-ring (bicyclic) bond motifs is 2. The van der Waals surface area contributed by atoms with Crippen LogP contribution < -0.4 is 15.5 Å². The van der Waals surface area contributed by atoms with Crippen molar-refractivity contribution in [1.29, 1.82) is 0 Å². The molecule has 6 nitrogen and oxygen atoms in total. The average molecular weight is 527 g/mol. The molecule has 0 unspecified atom stereocenters. The molecule has 0 saturated heterocycles. The number of nitrogens with zero attached hydrogens (tertiary/aromatic N) is 2. The highest BCUT2D eigenvalue weighted by molar-refractivity contribution is 6.34. The van der Waals surface area contributed by atoms with E-state index in [2.05, 4.69) is 34.4 Å². The van der Waals surface area contributed by atoms with Crippen LogP contribution in [0.1, 0.15) is 64.9 Å². The van der Waals surface area contributed by atoms with Crippen molar-refractivity contribution in [3.8, 4) is 0 Å². The molecule has 0 spiro atoms. The molecule has 8 heteroatoms. The Labute approximate surface area is 223 Å². The van der Waals surface area contributed by atoms with Gasteiger partial charge in [-0.2, -0.15) is 4.98 Å². The molecule has 2 heterocycles. The minimum absolute atomic E-state index is 0.0655. The Morgan fingerprint density at radius 1 is 1.24 bits per heavy atom. The van der Waals surface area contributed by atoms with Crippen LogP contribution in [0.15, 0.2) is 40.8 Å². The summed E-state index contributed by atoms with van der Waals surface area (Å²) in [6, 6.07) is 10.2. The van der Waals surface area contributed by atoms with Gasteiger partial charge >= 0.3 is 0 Å². The molecule has 5 rings (SSSR count). The van der Waals surface area contributed by atoms with Gasteiger partial charge in [-0.25, -0.2) is 4.39 Å². The Balaban J connectivity index is 1.29. The van der Waals surface area contributed by atoms with E-state index in [0.717, 1.165) is 37.1 Å². The molecule has 2 N–H and O–H groups in total. The largest absolute Gasteiger partial charge is 0.422 e. The number of hydrogen-bond acceptors (Lipinski definition) is 5. The third-order valence-electron chi connectivity index (χ3n) is 7.77. The van der Waals surface area contributed by atoms with E-state index in [4.69, 9.17) is 16.0 Å². The maximum absolute atomic E-state index is 13.9. The molecule has 2 aromatic carbocycles. The third-order valence-corrected chi connectivity index (χ3v) is 8.07. The summed E-state index contributed by atoms with van der Waals surface area (Å²) in [6.45, 7) is 7.70. The molecule has 2 atom stereocenters. The topological polar surface area (TPSA) is 70.4 Å². The van der Waals surface area contributed by atoms with Crippen molar-refractivity contribution in [3.05, 3.63) is 52.8 Å². The van der Waals surface area contributed by atoms with Gasteiger partial charge in [0.05, 0.1) is 5.02 Å². The van der Waals surface area contributed by atoms with E-state index in [1.54, 1.807) is 12.1 Å². The van der Waals surface area contributed by atoms with Crippen molar-refractivity contribution in [1.82, 2.24) is 10.3 Å². The summed E-state index contributed by atoms with van der Waals surface area (Å²) in [4.78, 5) is 20.3. The van der Waals surface area contributed by atoms with Gasteiger partial charge in [0.25, 0.3) is 6.01 Å². The van der Waals surface area contributed by atoms with Crippen LogP contribution in [-0.2, 0) is 10.2 Å². The van der Waals surface area contributed by atoms with Crippen molar-refractivity contribution < 1.29 is 13.6 Å². The lowest BCUT2D eigenvalue weighted by Gasteiger charge is -2.29. The highest BCUT2D eigenvalue weighted by Gasteiger charge is 2.36. The number of para-hydroxylation sites is 1. The van der Waals surface area contributed by atoms with Crippen molar-refractivity contribution in [2.45, 2.75) is 76.8 Å². The van der Waals surface area contributed by atoms with E-state index < -0.39 is 6.04 Å². The second-order valence-electron chi connectivity index (χ2n) is 11.4. The molecule has 198 valence electrons. The fourth-order valence-electron chi connectivity index (χ4n) is 5.97. The normalized spacial score (nSPS) is 19.0. The summed E-state index contributed by atoms with van der Waals surface area (Å²) < 4.78 is 19.8. The first-order valence-corrected chi connectivity index (χ1v) is 13.7. The van der Waals surface area contributed by atoms with E-state index in [1.807, 2.05) is 25.1 Å². The molecule has 1 aromatic heterocycles.